The molecule has 2 aromatic heterocycles. The van der Waals surface area contributed by atoms with Crippen molar-refractivity contribution in [3.63, 3.8) is 0 Å². The number of nitrogens with zero attached hydrogens (tertiary/aromatic N) is 3. The molecule has 4 rings (SSSR count). The summed E-state index contributed by atoms with van der Waals surface area (Å²) in [6, 6.07) is 3.83. The lowest BCUT2D eigenvalue weighted by molar-refractivity contribution is -0.163. The summed E-state index contributed by atoms with van der Waals surface area (Å²) < 4.78 is 1.79. The maximum absolute atomic E-state index is 12.9. The lowest BCUT2D eigenvalue weighted by Crippen LogP contribution is -2.57. The van der Waals surface area contributed by atoms with Crippen molar-refractivity contribution in [1.29, 1.82) is 0 Å². The second-order valence-electron chi connectivity index (χ2n) is 7.74. The Kier molecular flexibility index (Phi) is 3.99. The summed E-state index contributed by atoms with van der Waals surface area (Å²) >= 11 is 0. The SMILES string of the molecule is Cc1ccn2cc(C(=O)N3CC[C@H](O)[C@](CC4CC4)(C(=O)O)C3)nc2c1. The summed E-state index contributed by atoms with van der Waals surface area (Å²) in [6.45, 7) is 2.33. The van der Waals surface area contributed by atoms with E-state index in [1.807, 2.05) is 25.3 Å². The molecule has 1 saturated carbocycles. The highest BCUT2D eigenvalue weighted by Crippen LogP contribution is 2.45. The van der Waals surface area contributed by atoms with E-state index in [0.717, 1.165) is 18.4 Å². The highest BCUT2D eigenvalue weighted by atomic mass is 16.4. The van der Waals surface area contributed by atoms with Gasteiger partial charge in [0.05, 0.1) is 6.10 Å². The highest BCUT2D eigenvalue weighted by Gasteiger charge is 2.52. The van der Waals surface area contributed by atoms with Crippen molar-refractivity contribution in [3.8, 4) is 0 Å². The number of carbonyl (C=O) groups is 2. The lowest BCUT2D eigenvalue weighted by Gasteiger charge is -2.43. The van der Waals surface area contributed by atoms with E-state index in [0.29, 0.717) is 30.2 Å². The van der Waals surface area contributed by atoms with E-state index >= 15 is 0 Å². The Bertz CT molecular complexity index is 873. The largest absolute Gasteiger partial charge is 0.481 e. The highest BCUT2D eigenvalue weighted by molar-refractivity contribution is 5.93. The monoisotopic (exact) mass is 357 g/mol. The summed E-state index contributed by atoms with van der Waals surface area (Å²) in [5.74, 6) is -0.950. The van der Waals surface area contributed by atoms with Gasteiger partial charge in [-0.15, -0.1) is 0 Å². The summed E-state index contributed by atoms with van der Waals surface area (Å²) in [6.07, 6.45) is 5.31. The van der Waals surface area contributed by atoms with Crippen molar-refractivity contribution in [3.05, 3.63) is 35.8 Å². The Morgan fingerprint density at radius 1 is 1.35 bits per heavy atom. The number of hydrogen-bond acceptors (Lipinski definition) is 4. The number of carboxylic acids is 1. The standard InChI is InChI=1S/C19H23N3O4/c1-12-4-6-21-10-14(20-16(21)8-12)17(24)22-7-5-15(23)19(11-22,18(25)26)9-13-2-3-13/h4,6,8,10,13,15,23H,2-3,5,7,9,11H2,1H3,(H,25,26)/t15-,19+/m0/s1. The zero-order valence-electron chi connectivity index (χ0n) is 14.8. The molecule has 2 fully saturated rings. The van der Waals surface area contributed by atoms with Crippen LogP contribution in [0.15, 0.2) is 24.5 Å². The molecule has 26 heavy (non-hydrogen) atoms. The zero-order valence-corrected chi connectivity index (χ0v) is 14.8. The maximum Gasteiger partial charge on any atom is 0.314 e. The number of piperidine rings is 1. The zero-order chi connectivity index (χ0) is 18.5. The molecule has 0 unspecified atom stereocenters. The van der Waals surface area contributed by atoms with Gasteiger partial charge >= 0.3 is 5.97 Å². The number of aliphatic carboxylic acids is 1. The fourth-order valence-electron chi connectivity index (χ4n) is 3.94. The third kappa shape index (κ3) is 2.86. The number of carbonyl (C=O) groups excluding carboxylic acids is 1. The van der Waals surface area contributed by atoms with Crippen LogP contribution in [0.2, 0.25) is 0 Å². The average molecular weight is 357 g/mol. The normalized spacial score (nSPS) is 26.2. The second kappa shape index (κ2) is 6.09. The van der Waals surface area contributed by atoms with Gasteiger partial charge in [-0.3, -0.25) is 9.59 Å². The number of aliphatic hydroxyl groups is 1. The van der Waals surface area contributed by atoms with Crippen LogP contribution >= 0.6 is 0 Å². The Hall–Kier alpha value is -2.41. The van der Waals surface area contributed by atoms with Crippen LogP contribution < -0.4 is 0 Å². The minimum Gasteiger partial charge on any atom is -0.481 e. The Balaban J connectivity index is 1.61. The topological polar surface area (TPSA) is 95.1 Å². The van der Waals surface area contributed by atoms with Gasteiger partial charge < -0.3 is 19.5 Å². The summed E-state index contributed by atoms with van der Waals surface area (Å²) in [5, 5.41) is 20.3. The number of aryl methyl sites for hydroxylation is 1. The number of aromatic nitrogens is 2. The number of likely N-dealkylation sites (tertiary alicyclic amines) is 1. The van der Waals surface area contributed by atoms with Crippen molar-refractivity contribution in [2.45, 2.75) is 38.7 Å². The van der Waals surface area contributed by atoms with Gasteiger partial charge in [0.1, 0.15) is 16.8 Å². The summed E-state index contributed by atoms with van der Waals surface area (Å²) in [5.41, 5.74) is 0.772. The van der Waals surface area contributed by atoms with Crippen LogP contribution in [0.5, 0.6) is 0 Å². The molecule has 2 N–H and O–H groups in total. The number of imidazole rings is 1. The van der Waals surface area contributed by atoms with E-state index in [1.165, 1.54) is 4.90 Å². The van der Waals surface area contributed by atoms with Crippen LogP contribution in [0.4, 0.5) is 0 Å². The predicted molar refractivity (Wildman–Crippen MR) is 93.9 cm³/mol. The molecule has 0 bridgehead atoms. The van der Waals surface area contributed by atoms with Gasteiger partial charge in [-0.05, 0) is 43.4 Å². The Morgan fingerprint density at radius 2 is 2.12 bits per heavy atom. The van der Waals surface area contributed by atoms with Crippen LogP contribution in [-0.2, 0) is 4.79 Å². The van der Waals surface area contributed by atoms with E-state index < -0.39 is 17.5 Å². The first kappa shape index (κ1) is 17.0. The van der Waals surface area contributed by atoms with Crippen molar-refractivity contribution >= 4 is 17.5 Å². The van der Waals surface area contributed by atoms with Crippen LogP contribution in [0, 0.1) is 18.3 Å². The Labute approximate surface area is 151 Å². The lowest BCUT2D eigenvalue weighted by atomic mass is 9.73. The summed E-state index contributed by atoms with van der Waals surface area (Å²) in [7, 11) is 0. The smallest absolute Gasteiger partial charge is 0.314 e. The third-order valence-corrected chi connectivity index (χ3v) is 5.68. The van der Waals surface area contributed by atoms with E-state index in [9.17, 15) is 19.8 Å². The van der Waals surface area contributed by atoms with Crippen molar-refractivity contribution in [1.82, 2.24) is 14.3 Å². The molecule has 2 aliphatic rings. The number of hydrogen-bond donors (Lipinski definition) is 2. The average Bonchev–Trinajstić information content (AvgIpc) is 3.31. The number of rotatable bonds is 4. The molecule has 7 nitrogen and oxygen atoms in total. The number of fused-ring (bicyclic) bond motifs is 1. The molecular weight excluding hydrogens is 334 g/mol. The van der Waals surface area contributed by atoms with E-state index in [2.05, 4.69) is 4.98 Å². The van der Waals surface area contributed by atoms with Gasteiger partial charge in [0.2, 0.25) is 0 Å². The molecule has 0 aromatic carbocycles. The van der Waals surface area contributed by atoms with Gasteiger partial charge in [0, 0.05) is 25.5 Å². The molecule has 1 aliphatic heterocycles. The fourth-order valence-corrected chi connectivity index (χ4v) is 3.94. The predicted octanol–water partition coefficient (Wildman–Crippen LogP) is 1.72. The van der Waals surface area contributed by atoms with Crippen molar-refractivity contribution < 1.29 is 19.8 Å². The molecule has 1 aliphatic carbocycles. The van der Waals surface area contributed by atoms with Gasteiger partial charge in [0.25, 0.3) is 5.91 Å². The number of amides is 1. The van der Waals surface area contributed by atoms with Crippen LogP contribution in [0.25, 0.3) is 5.65 Å². The first-order chi connectivity index (χ1) is 12.4. The molecule has 138 valence electrons. The molecule has 0 spiro atoms. The van der Waals surface area contributed by atoms with Crippen molar-refractivity contribution in [2.75, 3.05) is 13.1 Å². The third-order valence-electron chi connectivity index (χ3n) is 5.68. The van der Waals surface area contributed by atoms with Gasteiger partial charge in [-0.25, -0.2) is 4.98 Å². The minimum absolute atomic E-state index is 0.0335. The van der Waals surface area contributed by atoms with Crippen molar-refractivity contribution in [2.24, 2.45) is 11.3 Å². The first-order valence-corrected chi connectivity index (χ1v) is 9.05. The quantitative estimate of drug-likeness (QED) is 0.869. The van der Waals surface area contributed by atoms with Gasteiger partial charge in [-0.2, -0.15) is 0 Å². The molecular formula is C19H23N3O4. The van der Waals surface area contributed by atoms with E-state index in [1.54, 1.807) is 10.6 Å². The number of pyridine rings is 1. The maximum atomic E-state index is 12.9. The van der Waals surface area contributed by atoms with Crippen LogP contribution in [-0.4, -0.2) is 55.6 Å². The van der Waals surface area contributed by atoms with Gasteiger partial charge in [-0.1, -0.05) is 12.8 Å². The minimum atomic E-state index is -1.27. The van der Waals surface area contributed by atoms with Gasteiger partial charge in [0.15, 0.2) is 0 Å². The fraction of sp³-hybridized carbons (Fsp3) is 0.526. The molecule has 3 heterocycles. The number of aliphatic hydroxyl groups excluding tert-OH is 1. The molecule has 7 heteroatoms. The molecule has 2 aromatic rings. The van der Waals surface area contributed by atoms with E-state index in [4.69, 9.17) is 0 Å². The molecule has 0 radical (unpaired) electrons. The summed E-state index contributed by atoms with van der Waals surface area (Å²) in [4.78, 5) is 30.9. The first-order valence-electron chi connectivity index (χ1n) is 9.05. The Morgan fingerprint density at radius 3 is 2.81 bits per heavy atom. The van der Waals surface area contributed by atoms with Crippen LogP contribution in [0.1, 0.15) is 41.7 Å². The van der Waals surface area contributed by atoms with E-state index in [-0.39, 0.29) is 18.9 Å². The molecule has 1 amide bonds. The van der Waals surface area contributed by atoms with Crippen LogP contribution in [0.3, 0.4) is 0 Å². The second-order valence-corrected chi connectivity index (χ2v) is 7.74. The molecule has 1 saturated heterocycles. The number of carboxylic acid groups (broad SMARTS) is 1. The molecule has 2 atom stereocenters.